The van der Waals surface area contributed by atoms with Crippen LogP contribution in [0.4, 0.5) is 20.2 Å². The fourth-order valence-electron chi connectivity index (χ4n) is 2.90. The summed E-state index contributed by atoms with van der Waals surface area (Å²) in [4.78, 5) is 26.2. The minimum atomic E-state index is -0.926. The molecule has 2 aromatic rings. The average Bonchev–Trinajstić information content (AvgIpc) is 3.10. The maximum Gasteiger partial charge on any atom is 0.239 e. The van der Waals surface area contributed by atoms with E-state index < -0.39 is 29.4 Å². The third-order valence-electron chi connectivity index (χ3n) is 4.18. The normalized spacial score (nSPS) is 17.2. The molecule has 6 nitrogen and oxygen atoms in total. The fraction of sp³-hybridized carbons (Fsp3) is 0.353. The van der Waals surface area contributed by atoms with Gasteiger partial charge in [0.1, 0.15) is 28.9 Å². The van der Waals surface area contributed by atoms with Crippen LogP contribution in [0.3, 0.4) is 0 Å². The minimum absolute atomic E-state index is 0.105. The van der Waals surface area contributed by atoms with E-state index in [1.165, 1.54) is 4.90 Å². The van der Waals surface area contributed by atoms with Gasteiger partial charge in [-0.25, -0.2) is 8.78 Å². The highest BCUT2D eigenvalue weighted by Gasteiger charge is 2.38. The van der Waals surface area contributed by atoms with E-state index in [1.54, 1.807) is 6.92 Å². The molecule has 1 saturated heterocycles. The largest absolute Gasteiger partial charge is 0.359 e. The van der Waals surface area contributed by atoms with Crippen LogP contribution in [0.1, 0.15) is 24.8 Å². The summed E-state index contributed by atoms with van der Waals surface area (Å²) in [6, 6.07) is 2.87. The zero-order valence-electron chi connectivity index (χ0n) is 13.8. The van der Waals surface area contributed by atoms with Gasteiger partial charge in [0, 0.05) is 24.7 Å². The van der Waals surface area contributed by atoms with E-state index in [-0.39, 0.29) is 18.7 Å². The van der Waals surface area contributed by atoms with Gasteiger partial charge in [0.05, 0.1) is 0 Å². The first-order chi connectivity index (χ1) is 11.9. The van der Waals surface area contributed by atoms with E-state index in [4.69, 9.17) is 4.52 Å². The second kappa shape index (κ2) is 6.62. The van der Waals surface area contributed by atoms with Crippen LogP contribution in [0.25, 0.3) is 0 Å². The van der Waals surface area contributed by atoms with E-state index in [0.717, 1.165) is 18.2 Å². The Kier molecular flexibility index (Phi) is 4.52. The molecule has 1 fully saturated rings. The van der Waals surface area contributed by atoms with E-state index in [0.29, 0.717) is 23.6 Å². The van der Waals surface area contributed by atoms with Gasteiger partial charge in [0.15, 0.2) is 5.76 Å². The number of carbonyl (C=O) groups excluding carboxylic acids is 2. The molecule has 1 aliphatic heterocycles. The summed E-state index contributed by atoms with van der Waals surface area (Å²) >= 11 is 0. The molecule has 0 saturated carbocycles. The molecule has 25 heavy (non-hydrogen) atoms. The topological polar surface area (TPSA) is 75.4 Å². The van der Waals surface area contributed by atoms with Gasteiger partial charge in [-0.15, -0.1) is 0 Å². The smallest absolute Gasteiger partial charge is 0.239 e. The van der Waals surface area contributed by atoms with Gasteiger partial charge in [-0.1, -0.05) is 12.1 Å². The van der Waals surface area contributed by atoms with Crippen molar-refractivity contribution in [2.45, 2.75) is 26.7 Å². The maximum absolute atomic E-state index is 13.4. The third-order valence-corrected chi connectivity index (χ3v) is 4.18. The number of halogens is 2. The molecule has 0 bridgehead atoms. The van der Waals surface area contributed by atoms with Gasteiger partial charge in [0.2, 0.25) is 11.8 Å². The molecular formula is C17H17F2N3O3. The molecule has 0 spiro atoms. The number of aromatic nitrogens is 1. The number of aryl methyl sites for hydroxylation is 2. The zero-order valence-corrected chi connectivity index (χ0v) is 13.8. The Hall–Kier alpha value is -2.77. The standard InChI is InChI=1S/C17H17F2N3O3/c1-3-14-15(9(2)21-25-14)20-16(23)13-4-5-22(17(13)24)12-7-10(18)6-11(19)8-12/h6-8,13H,3-5H2,1-2H3,(H,20,23)/t13-/m0/s1. The lowest BCUT2D eigenvalue weighted by molar-refractivity contribution is -0.129. The van der Waals surface area contributed by atoms with Gasteiger partial charge in [-0.2, -0.15) is 0 Å². The van der Waals surface area contributed by atoms with Crippen LogP contribution in [0.5, 0.6) is 0 Å². The first kappa shape index (κ1) is 17.1. The number of amides is 2. The molecule has 0 aliphatic carbocycles. The minimum Gasteiger partial charge on any atom is -0.359 e. The number of nitrogens with zero attached hydrogens (tertiary/aromatic N) is 2. The SMILES string of the molecule is CCc1onc(C)c1NC(=O)[C@@H]1CCN(c2cc(F)cc(F)c2)C1=O. The molecule has 0 radical (unpaired) electrons. The number of rotatable bonds is 4. The van der Waals surface area contributed by atoms with Crippen molar-refractivity contribution >= 4 is 23.2 Å². The quantitative estimate of drug-likeness (QED) is 0.861. The van der Waals surface area contributed by atoms with Gasteiger partial charge >= 0.3 is 0 Å². The molecule has 0 unspecified atom stereocenters. The van der Waals surface area contributed by atoms with E-state index >= 15 is 0 Å². The van der Waals surface area contributed by atoms with Gasteiger partial charge in [-0.05, 0) is 25.5 Å². The number of hydrogen-bond acceptors (Lipinski definition) is 4. The summed E-state index contributed by atoms with van der Waals surface area (Å²) in [5, 5.41) is 6.49. The fourth-order valence-corrected chi connectivity index (χ4v) is 2.90. The number of anilines is 2. The molecule has 2 heterocycles. The van der Waals surface area contributed by atoms with Crippen LogP contribution in [0.2, 0.25) is 0 Å². The predicted molar refractivity (Wildman–Crippen MR) is 86.1 cm³/mol. The number of nitrogens with one attached hydrogen (secondary N) is 1. The molecule has 2 amide bonds. The maximum atomic E-state index is 13.4. The first-order valence-corrected chi connectivity index (χ1v) is 7.94. The van der Waals surface area contributed by atoms with Crippen molar-refractivity contribution < 1.29 is 22.9 Å². The lowest BCUT2D eigenvalue weighted by Gasteiger charge is -2.17. The van der Waals surface area contributed by atoms with Gasteiger partial charge in [-0.3, -0.25) is 9.59 Å². The van der Waals surface area contributed by atoms with Crippen molar-refractivity contribution in [1.29, 1.82) is 0 Å². The molecule has 1 aliphatic rings. The Morgan fingerprint density at radius 3 is 2.68 bits per heavy atom. The molecular weight excluding hydrogens is 332 g/mol. The number of hydrogen-bond donors (Lipinski definition) is 1. The van der Waals surface area contributed by atoms with Crippen LogP contribution < -0.4 is 10.2 Å². The molecule has 3 rings (SSSR count). The third kappa shape index (κ3) is 3.24. The summed E-state index contributed by atoms with van der Waals surface area (Å²) in [6.45, 7) is 3.76. The van der Waals surface area contributed by atoms with E-state index in [9.17, 15) is 18.4 Å². The zero-order chi connectivity index (χ0) is 18.1. The molecule has 1 aromatic carbocycles. The second-order valence-corrected chi connectivity index (χ2v) is 5.87. The lowest BCUT2D eigenvalue weighted by atomic mass is 10.1. The summed E-state index contributed by atoms with van der Waals surface area (Å²) in [5.74, 6) is -2.92. The van der Waals surface area contributed by atoms with Crippen LogP contribution >= 0.6 is 0 Å². The van der Waals surface area contributed by atoms with Crippen molar-refractivity contribution in [3.63, 3.8) is 0 Å². The van der Waals surface area contributed by atoms with Crippen LogP contribution in [-0.4, -0.2) is 23.5 Å². The summed E-state index contributed by atoms with van der Waals surface area (Å²) < 4.78 is 31.8. The highest BCUT2D eigenvalue weighted by molar-refractivity contribution is 6.13. The monoisotopic (exact) mass is 349 g/mol. The average molecular weight is 349 g/mol. The molecule has 8 heteroatoms. The van der Waals surface area contributed by atoms with Crippen molar-refractivity contribution in [3.8, 4) is 0 Å². The number of carbonyl (C=O) groups is 2. The van der Waals surface area contributed by atoms with Crippen molar-refractivity contribution in [3.05, 3.63) is 41.3 Å². The van der Waals surface area contributed by atoms with Crippen molar-refractivity contribution in [1.82, 2.24) is 5.16 Å². The molecule has 1 atom stereocenters. The van der Waals surface area contributed by atoms with Crippen molar-refractivity contribution in [2.75, 3.05) is 16.8 Å². The van der Waals surface area contributed by atoms with E-state index in [2.05, 4.69) is 10.5 Å². The summed E-state index contributed by atoms with van der Waals surface area (Å²) in [5.41, 5.74) is 1.10. The summed E-state index contributed by atoms with van der Waals surface area (Å²) in [6.07, 6.45) is 0.804. The summed E-state index contributed by atoms with van der Waals surface area (Å²) in [7, 11) is 0. The Bertz CT molecular complexity index is 814. The van der Waals surface area contributed by atoms with Crippen molar-refractivity contribution in [2.24, 2.45) is 5.92 Å². The van der Waals surface area contributed by atoms with Crippen LogP contribution in [-0.2, 0) is 16.0 Å². The Labute approximate surface area is 142 Å². The molecule has 132 valence electrons. The predicted octanol–water partition coefficient (Wildman–Crippen LogP) is 2.82. The number of benzene rings is 1. The lowest BCUT2D eigenvalue weighted by Crippen LogP contribution is -2.33. The van der Waals surface area contributed by atoms with Crippen LogP contribution in [0.15, 0.2) is 22.7 Å². The molecule has 1 N–H and O–H groups in total. The highest BCUT2D eigenvalue weighted by Crippen LogP contribution is 2.28. The first-order valence-electron chi connectivity index (χ1n) is 7.94. The van der Waals surface area contributed by atoms with Crippen LogP contribution in [0, 0.1) is 24.5 Å². The van der Waals surface area contributed by atoms with E-state index in [1.807, 2.05) is 6.92 Å². The second-order valence-electron chi connectivity index (χ2n) is 5.87. The van der Waals surface area contributed by atoms with Gasteiger partial charge in [0.25, 0.3) is 0 Å². The Morgan fingerprint density at radius 2 is 2.04 bits per heavy atom. The van der Waals surface area contributed by atoms with Gasteiger partial charge < -0.3 is 14.7 Å². The highest BCUT2D eigenvalue weighted by atomic mass is 19.1. The molecule has 1 aromatic heterocycles. The Balaban J connectivity index is 1.77. The Morgan fingerprint density at radius 1 is 1.36 bits per heavy atom.